The van der Waals surface area contributed by atoms with E-state index in [0.29, 0.717) is 24.1 Å². The molecular weight excluding hydrogens is 447 g/mol. The number of halogens is 1. The average Bonchev–Trinajstić information content (AvgIpc) is 3.25. The minimum atomic E-state index is -0.359. The number of nitrogens with zero attached hydrogens (tertiary/aromatic N) is 3. The van der Waals surface area contributed by atoms with Gasteiger partial charge in [0.1, 0.15) is 5.82 Å². The van der Waals surface area contributed by atoms with Crippen molar-refractivity contribution in [3.63, 3.8) is 0 Å². The number of hydrogen-bond donors (Lipinski definition) is 1. The van der Waals surface area contributed by atoms with E-state index in [1.165, 1.54) is 29.5 Å². The lowest BCUT2D eigenvalue weighted by atomic mass is 10.0. The van der Waals surface area contributed by atoms with Gasteiger partial charge in [0.25, 0.3) is 0 Å². The van der Waals surface area contributed by atoms with Gasteiger partial charge in [-0.3, -0.25) is 9.36 Å². The van der Waals surface area contributed by atoms with Gasteiger partial charge >= 0.3 is 0 Å². The van der Waals surface area contributed by atoms with E-state index in [0.717, 1.165) is 11.1 Å². The highest BCUT2D eigenvalue weighted by molar-refractivity contribution is 8.00. The van der Waals surface area contributed by atoms with Crippen LogP contribution in [0.3, 0.4) is 0 Å². The summed E-state index contributed by atoms with van der Waals surface area (Å²) in [6.45, 7) is 5.07. The molecule has 0 bridgehead atoms. The summed E-state index contributed by atoms with van der Waals surface area (Å²) in [7, 11) is 0. The highest BCUT2D eigenvalue weighted by atomic mass is 32.2. The van der Waals surface area contributed by atoms with Gasteiger partial charge in [-0.05, 0) is 48.2 Å². The van der Waals surface area contributed by atoms with E-state index < -0.39 is 0 Å². The minimum Gasteiger partial charge on any atom is -0.355 e. The van der Waals surface area contributed by atoms with Crippen molar-refractivity contribution in [2.45, 2.75) is 36.7 Å². The van der Waals surface area contributed by atoms with Gasteiger partial charge in [0.2, 0.25) is 5.91 Å². The van der Waals surface area contributed by atoms with E-state index in [1.54, 1.807) is 12.1 Å². The third kappa shape index (κ3) is 5.91. The van der Waals surface area contributed by atoms with E-state index in [2.05, 4.69) is 34.6 Å². The zero-order valence-corrected chi connectivity index (χ0v) is 20.0. The maximum absolute atomic E-state index is 13.5. The molecule has 5 nitrogen and oxygen atoms in total. The lowest BCUT2D eigenvalue weighted by Crippen LogP contribution is -2.33. The summed E-state index contributed by atoms with van der Waals surface area (Å²) in [5.74, 6) is 0.499. The summed E-state index contributed by atoms with van der Waals surface area (Å²) in [6.07, 6.45) is 0. The van der Waals surface area contributed by atoms with Crippen LogP contribution in [0.1, 0.15) is 30.9 Å². The Morgan fingerprint density at radius 2 is 1.59 bits per heavy atom. The molecule has 0 fully saturated rings. The summed E-state index contributed by atoms with van der Waals surface area (Å²) >= 11 is 1.37. The van der Waals surface area contributed by atoms with Crippen molar-refractivity contribution >= 4 is 17.7 Å². The average molecular weight is 475 g/mol. The zero-order chi connectivity index (χ0) is 23.9. The van der Waals surface area contributed by atoms with E-state index >= 15 is 0 Å². The van der Waals surface area contributed by atoms with E-state index in [1.807, 2.05) is 60.0 Å². The molecule has 4 aromatic rings. The second kappa shape index (κ2) is 11.1. The number of carbonyl (C=O) groups excluding carboxylic acids is 1. The van der Waals surface area contributed by atoms with Gasteiger partial charge in [0.05, 0.1) is 11.8 Å². The fraction of sp³-hybridized carbons (Fsp3) is 0.222. The van der Waals surface area contributed by atoms with Crippen LogP contribution in [0.4, 0.5) is 4.39 Å². The van der Waals surface area contributed by atoms with Crippen molar-refractivity contribution < 1.29 is 9.18 Å². The number of nitrogens with one attached hydrogen (secondary N) is 1. The van der Waals surface area contributed by atoms with Crippen molar-refractivity contribution in [3.8, 4) is 11.4 Å². The molecule has 0 aliphatic rings. The van der Waals surface area contributed by atoms with Crippen LogP contribution in [0.15, 0.2) is 90.1 Å². The van der Waals surface area contributed by atoms with Crippen LogP contribution in [0.5, 0.6) is 0 Å². The Kier molecular flexibility index (Phi) is 7.75. The van der Waals surface area contributed by atoms with Crippen LogP contribution in [-0.2, 0) is 11.3 Å². The molecule has 2 unspecified atom stereocenters. The van der Waals surface area contributed by atoms with Crippen LogP contribution in [0.2, 0.25) is 0 Å². The quantitative estimate of drug-likeness (QED) is 0.324. The van der Waals surface area contributed by atoms with Crippen molar-refractivity contribution in [1.29, 1.82) is 0 Å². The number of benzene rings is 3. The fourth-order valence-corrected chi connectivity index (χ4v) is 4.48. The number of rotatable bonds is 9. The smallest absolute Gasteiger partial charge is 0.233 e. The molecule has 3 aromatic carbocycles. The van der Waals surface area contributed by atoms with Gasteiger partial charge in [-0.2, -0.15) is 0 Å². The van der Waals surface area contributed by atoms with E-state index in [4.69, 9.17) is 0 Å². The van der Waals surface area contributed by atoms with Crippen LogP contribution >= 0.6 is 11.8 Å². The third-order valence-electron chi connectivity index (χ3n) is 5.61. The highest BCUT2D eigenvalue weighted by Gasteiger charge is 2.21. The summed E-state index contributed by atoms with van der Waals surface area (Å²) < 4.78 is 15.4. The minimum absolute atomic E-state index is 0.0506. The first-order chi connectivity index (χ1) is 16.5. The topological polar surface area (TPSA) is 59.8 Å². The van der Waals surface area contributed by atoms with Gasteiger partial charge in [-0.15, -0.1) is 10.2 Å². The number of amides is 1. The van der Waals surface area contributed by atoms with Gasteiger partial charge in [0.15, 0.2) is 11.0 Å². The summed E-state index contributed by atoms with van der Waals surface area (Å²) in [5.41, 5.74) is 3.04. The van der Waals surface area contributed by atoms with Gasteiger partial charge in [0, 0.05) is 12.1 Å². The molecule has 0 saturated carbocycles. The summed E-state index contributed by atoms with van der Waals surface area (Å²) in [5, 5.41) is 12.1. The molecule has 1 aromatic heterocycles. The second-order valence-corrected chi connectivity index (χ2v) is 9.51. The Balaban J connectivity index is 1.50. The molecule has 4 rings (SSSR count). The first-order valence-electron chi connectivity index (χ1n) is 11.2. The second-order valence-electron chi connectivity index (χ2n) is 8.20. The Bertz CT molecular complexity index is 1210. The zero-order valence-electron chi connectivity index (χ0n) is 19.2. The molecule has 0 saturated heterocycles. The molecule has 174 valence electrons. The summed E-state index contributed by atoms with van der Waals surface area (Å²) in [6, 6.07) is 26.3. The Morgan fingerprint density at radius 3 is 2.26 bits per heavy atom. The lowest BCUT2D eigenvalue weighted by Gasteiger charge is -2.16. The number of carbonyl (C=O) groups is 1. The molecule has 1 N–H and O–H groups in total. The molecular formula is C27H27FN4OS. The third-order valence-corrected chi connectivity index (χ3v) is 6.69. The Labute approximate surface area is 203 Å². The van der Waals surface area contributed by atoms with Crippen molar-refractivity contribution in [2.75, 3.05) is 6.54 Å². The monoisotopic (exact) mass is 474 g/mol. The van der Waals surface area contributed by atoms with Crippen LogP contribution in [0.25, 0.3) is 11.4 Å². The SMILES string of the molecule is CC(Sc1nnc(-c2ccc(F)cc2)n1Cc1ccccc1)C(=O)NCC(C)c1ccccc1. The van der Waals surface area contributed by atoms with Crippen molar-refractivity contribution in [3.05, 3.63) is 102 Å². The first-order valence-corrected chi connectivity index (χ1v) is 12.1. The van der Waals surface area contributed by atoms with Gasteiger partial charge < -0.3 is 5.32 Å². The predicted octanol–water partition coefficient (Wildman–Crippen LogP) is 5.53. The highest BCUT2D eigenvalue weighted by Crippen LogP contribution is 2.28. The maximum atomic E-state index is 13.5. The fourth-order valence-electron chi connectivity index (χ4n) is 3.61. The van der Waals surface area contributed by atoms with Gasteiger partial charge in [-0.1, -0.05) is 79.3 Å². The Hall–Kier alpha value is -3.45. The van der Waals surface area contributed by atoms with Crippen LogP contribution in [-0.4, -0.2) is 32.5 Å². The van der Waals surface area contributed by atoms with Crippen molar-refractivity contribution in [1.82, 2.24) is 20.1 Å². The molecule has 1 amide bonds. The first kappa shape index (κ1) is 23.7. The molecule has 0 aliphatic carbocycles. The molecule has 2 atom stereocenters. The molecule has 1 heterocycles. The standard InChI is InChI=1S/C27H27FN4OS/c1-19(22-11-7-4-8-12-22)17-29-26(33)20(2)34-27-31-30-25(23-13-15-24(28)16-14-23)32(27)18-21-9-5-3-6-10-21/h3-16,19-20H,17-18H2,1-2H3,(H,29,33). The summed E-state index contributed by atoms with van der Waals surface area (Å²) in [4.78, 5) is 12.8. The predicted molar refractivity (Wildman–Crippen MR) is 134 cm³/mol. The van der Waals surface area contributed by atoms with Crippen LogP contribution in [0, 0.1) is 5.82 Å². The van der Waals surface area contributed by atoms with Crippen LogP contribution < -0.4 is 5.32 Å². The lowest BCUT2D eigenvalue weighted by molar-refractivity contribution is -0.120. The number of hydrogen-bond acceptors (Lipinski definition) is 4. The number of aromatic nitrogens is 3. The van der Waals surface area contributed by atoms with Crippen molar-refractivity contribution in [2.24, 2.45) is 0 Å². The molecule has 34 heavy (non-hydrogen) atoms. The maximum Gasteiger partial charge on any atom is 0.233 e. The largest absolute Gasteiger partial charge is 0.355 e. The molecule has 0 aliphatic heterocycles. The molecule has 7 heteroatoms. The van der Waals surface area contributed by atoms with E-state index in [-0.39, 0.29) is 22.9 Å². The van der Waals surface area contributed by atoms with E-state index in [9.17, 15) is 9.18 Å². The number of thioether (sulfide) groups is 1. The Morgan fingerprint density at radius 1 is 0.941 bits per heavy atom. The van der Waals surface area contributed by atoms with Gasteiger partial charge in [-0.25, -0.2) is 4.39 Å². The molecule has 0 radical (unpaired) electrons. The molecule has 0 spiro atoms. The normalized spacial score (nSPS) is 12.8.